The molecule has 2 heterocycles. The van der Waals surface area contributed by atoms with Gasteiger partial charge in [-0.3, -0.25) is 0 Å². The number of pyridine rings is 1. The van der Waals surface area contributed by atoms with Crippen LogP contribution in [0, 0.1) is 0 Å². The third kappa shape index (κ3) is 3.09. The molecule has 0 saturated carbocycles. The first-order chi connectivity index (χ1) is 9.24. The average molecular weight is 259 g/mol. The summed E-state index contributed by atoms with van der Waals surface area (Å²) >= 11 is 0. The third-order valence-electron chi connectivity index (χ3n) is 2.80. The summed E-state index contributed by atoms with van der Waals surface area (Å²) in [6.45, 7) is 2.65. The van der Waals surface area contributed by atoms with Crippen molar-refractivity contribution in [2.75, 3.05) is 18.2 Å². The van der Waals surface area contributed by atoms with E-state index in [0.29, 0.717) is 18.2 Å². The number of hydrogen-bond acceptors (Lipinski definition) is 6. The Labute approximate surface area is 112 Å². The van der Waals surface area contributed by atoms with Gasteiger partial charge < -0.3 is 15.8 Å². The van der Waals surface area contributed by atoms with E-state index in [4.69, 9.17) is 10.5 Å². The maximum Gasteiger partial charge on any atom is 0.213 e. The van der Waals surface area contributed by atoms with E-state index >= 15 is 0 Å². The van der Waals surface area contributed by atoms with E-state index in [1.54, 1.807) is 13.3 Å². The van der Waals surface area contributed by atoms with E-state index in [0.717, 1.165) is 23.4 Å². The van der Waals surface area contributed by atoms with Gasteiger partial charge in [0.2, 0.25) is 5.88 Å². The maximum absolute atomic E-state index is 5.83. The molecule has 0 aromatic carbocycles. The minimum Gasteiger partial charge on any atom is -0.481 e. The fourth-order valence-corrected chi connectivity index (χ4v) is 1.78. The minimum absolute atomic E-state index is 0.521. The van der Waals surface area contributed by atoms with Crippen molar-refractivity contribution in [3.63, 3.8) is 0 Å². The van der Waals surface area contributed by atoms with Crippen LogP contribution in [0.4, 0.5) is 11.6 Å². The average Bonchev–Trinajstić information content (AvgIpc) is 2.45. The molecule has 3 N–H and O–H groups in total. The van der Waals surface area contributed by atoms with Gasteiger partial charge >= 0.3 is 0 Å². The molecule has 0 amide bonds. The summed E-state index contributed by atoms with van der Waals surface area (Å²) in [7, 11) is 1.60. The molecule has 0 aliphatic heterocycles. The zero-order valence-corrected chi connectivity index (χ0v) is 11.1. The number of nitrogens with two attached hydrogens (primary N) is 1. The van der Waals surface area contributed by atoms with Gasteiger partial charge in [0.1, 0.15) is 18.0 Å². The highest BCUT2D eigenvalue weighted by Crippen LogP contribution is 2.18. The van der Waals surface area contributed by atoms with Gasteiger partial charge in [0.15, 0.2) is 0 Å². The van der Waals surface area contributed by atoms with E-state index in [9.17, 15) is 0 Å². The Morgan fingerprint density at radius 1 is 1.32 bits per heavy atom. The van der Waals surface area contributed by atoms with Crippen LogP contribution in [0.15, 0.2) is 24.7 Å². The number of rotatable bonds is 5. The van der Waals surface area contributed by atoms with Crippen LogP contribution >= 0.6 is 0 Å². The Morgan fingerprint density at radius 2 is 2.16 bits per heavy atom. The van der Waals surface area contributed by atoms with E-state index in [2.05, 4.69) is 20.3 Å². The fourth-order valence-electron chi connectivity index (χ4n) is 1.78. The Kier molecular flexibility index (Phi) is 4.12. The van der Waals surface area contributed by atoms with Crippen molar-refractivity contribution in [1.82, 2.24) is 15.0 Å². The molecular formula is C13H17N5O. The SMILES string of the molecule is CCc1c(N)ncnc1NCc1ccnc(OC)c1. The van der Waals surface area contributed by atoms with Crippen molar-refractivity contribution in [1.29, 1.82) is 0 Å². The number of aromatic nitrogens is 3. The summed E-state index contributed by atoms with van der Waals surface area (Å²) in [5, 5.41) is 3.26. The van der Waals surface area contributed by atoms with Crippen LogP contribution in [0.3, 0.4) is 0 Å². The molecule has 0 radical (unpaired) electrons. The first-order valence-corrected chi connectivity index (χ1v) is 6.06. The molecule has 2 aromatic heterocycles. The van der Waals surface area contributed by atoms with Crippen LogP contribution in [0.2, 0.25) is 0 Å². The molecule has 0 atom stereocenters. The number of nitrogens with one attached hydrogen (secondary N) is 1. The molecular weight excluding hydrogens is 242 g/mol. The number of ether oxygens (including phenoxy) is 1. The number of methoxy groups -OCH3 is 1. The highest BCUT2D eigenvalue weighted by Gasteiger charge is 2.07. The van der Waals surface area contributed by atoms with Gasteiger partial charge in [-0.2, -0.15) is 0 Å². The van der Waals surface area contributed by atoms with Gasteiger partial charge in [0.05, 0.1) is 7.11 Å². The summed E-state index contributed by atoms with van der Waals surface area (Å²) in [5.74, 6) is 1.88. The van der Waals surface area contributed by atoms with E-state index in [1.807, 2.05) is 19.1 Å². The zero-order valence-electron chi connectivity index (χ0n) is 11.1. The lowest BCUT2D eigenvalue weighted by Crippen LogP contribution is -2.08. The monoisotopic (exact) mass is 259 g/mol. The molecule has 6 heteroatoms. The number of anilines is 2. The van der Waals surface area contributed by atoms with E-state index < -0.39 is 0 Å². The highest BCUT2D eigenvalue weighted by atomic mass is 16.5. The molecule has 0 fully saturated rings. The molecule has 0 bridgehead atoms. The van der Waals surface area contributed by atoms with Crippen molar-refractivity contribution in [3.8, 4) is 5.88 Å². The zero-order chi connectivity index (χ0) is 13.7. The molecule has 0 saturated heterocycles. The molecule has 0 aliphatic carbocycles. The first kappa shape index (κ1) is 13.1. The first-order valence-electron chi connectivity index (χ1n) is 6.06. The van der Waals surface area contributed by atoms with E-state index in [1.165, 1.54) is 6.33 Å². The Balaban J connectivity index is 2.12. The molecule has 0 unspecified atom stereocenters. The molecule has 2 rings (SSSR count). The van der Waals surface area contributed by atoms with Gasteiger partial charge in [0, 0.05) is 24.4 Å². The molecule has 2 aromatic rings. The Morgan fingerprint density at radius 3 is 2.89 bits per heavy atom. The van der Waals surface area contributed by atoms with Gasteiger partial charge in [0.25, 0.3) is 0 Å². The van der Waals surface area contributed by atoms with Crippen LogP contribution in [0.25, 0.3) is 0 Å². The Hall–Kier alpha value is -2.37. The van der Waals surface area contributed by atoms with Crippen LogP contribution < -0.4 is 15.8 Å². The number of nitrogens with zero attached hydrogens (tertiary/aromatic N) is 3. The van der Waals surface area contributed by atoms with E-state index in [-0.39, 0.29) is 0 Å². The minimum atomic E-state index is 0.521. The highest BCUT2D eigenvalue weighted by molar-refractivity contribution is 5.55. The van der Waals surface area contributed by atoms with Crippen molar-refractivity contribution >= 4 is 11.6 Å². The van der Waals surface area contributed by atoms with Crippen LogP contribution in [-0.4, -0.2) is 22.1 Å². The van der Waals surface area contributed by atoms with Crippen LogP contribution in [0.5, 0.6) is 5.88 Å². The van der Waals surface area contributed by atoms with Crippen LogP contribution in [-0.2, 0) is 13.0 Å². The summed E-state index contributed by atoms with van der Waals surface area (Å²) in [5.41, 5.74) is 7.82. The lowest BCUT2D eigenvalue weighted by molar-refractivity contribution is 0.397. The molecule has 6 nitrogen and oxygen atoms in total. The lowest BCUT2D eigenvalue weighted by Gasteiger charge is -2.11. The summed E-state index contributed by atoms with van der Waals surface area (Å²) in [6.07, 6.45) is 3.96. The van der Waals surface area contributed by atoms with Gasteiger partial charge in [-0.05, 0) is 18.1 Å². The quantitative estimate of drug-likeness (QED) is 0.849. The largest absolute Gasteiger partial charge is 0.481 e. The summed E-state index contributed by atoms with van der Waals surface area (Å²) in [4.78, 5) is 12.3. The molecule has 100 valence electrons. The molecule has 19 heavy (non-hydrogen) atoms. The Bertz CT molecular complexity index is 558. The van der Waals surface area contributed by atoms with Crippen molar-refractivity contribution in [3.05, 3.63) is 35.8 Å². The van der Waals surface area contributed by atoms with Crippen molar-refractivity contribution < 1.29 is 4.74 Å². The van der Waals surface area contributed by atoms with Crippen molar-refractivity contribution in [2.24, 2.45) is 0 Å². The second-order valence-corrected chi connectivity index (χ2v) is 4.00. The number of nitrogen functional groups attached to an aromatic ring is 1. The molecule has 0 aliphatic rings. The lowest BCUT2D eigenvalue weighted by atomic mass is 10.2. The normalized spacial score (nSPS) is 10.2. The van der Waals surface area contributed by atoms with Gasteiger partial charge in [-0.25, -0.2) is 15.0 Å². The predicted octanol–water partition coefficient (Wildman–Crippen LogP) is 1.64. The topological polar surface area (TPSA) is 86.0 Å². The smallest absolute Gasteiger partial charge is 0.213 e. The maximum atomic E-state index is 5.83. The number of hydrogen-bond donors (Lipinski definition) is 2. The van der Waals surface area contributed by atoms with Gasteiger partial charge in [-0.1, -0.05) is 6.92 Å². The second-order valence-electron chi connectivity index (χ2n) is 4.00. The fraction of sp³-hybridized carbons (Fsp3) is 0.308. The van der Waals surface area contributed by atoms with Gasteiger partial charge in [-0.15, -0.1) is 0 Å². The predicted molar refractivity (Wildman–Crippen MR) is 73.9 cm³/mol. The third-order valence-corrected chi connectivity index (χ3v) is 2.80. The van der Waals surface area contributed by atoms with Crippen molar-refractivity contribution in [2.45, 2.75) is 19.9 Å². The summed E-state index contributed by atoms with van der Waals surface area (Å²) < 4.78 is 5.09. The summed E-state index contributed by atoms with van der Waals surface area (Å²) in [6, 6.07) is 3.80. The van der Waals surface area contributed by atoms with Crippen LogP contribution in [0.1, 0.15) is 18.1 Å². The standard InChI is InChI=1S/C13H17N5O/c1-3-10-12(14)17-8-18-13(10)16-7-9-4-5-15-11(6-9)19-2/h4-6,8H,3,7H2,1-2H3,(H3,14,16,17,18). The molecule has 0 spiro atoms. The second kappa shape index (κ2) is 5.99.